The lowest BCUT2D eigenvalue weighted by Crippen LogP contribution is -2.28. The summed E-state index contributed by atoms with van der Waals surface area (Å²) in [6.45, 7) is 10.4. The number of nitrogens with one attached hydrogen (secondary N) is 2. The van der Waals surface area contributed by atoms with Crippen LogP contribution in [0.1, 0.15) is 19.4 Å². The van der Waals surface area contributed by atoms with Gasteiger partial charge in [0.1, 0.15) is 5.75 Å². The third-order valence-electron chi connectivity index (χ3n) is 2.42. The molecule has 4 nitrogen and oxygen atoms in total. The molecule has 1 rings (SSSR count). The molecule has 0 aliphatic carbocycles. The third-order valence-corrected chi connectivity index (χ3v) is 2.42. The number of hydrogen-bond donors (Lipinski definition) is 2. The molecule has 0 heterocycles. The van der Waals surface area contributed by atoms with Crippen LogP contribution in [0.5, 0.6) is 5.75 Å². The summed E-state index contributed by atoms with van der Waals surface area (Å²) in [5.74, 6) is 0.748. The van der Waals surface area contributed by atoms with Gasteiger partial charge in [-0.2, -0.15) is 0 Å². The number of ether oxygens (including phenoxy) is 1. The maximum Gasteiger partial charge on any atom is 0.238 e. The van der Waals surface area contributed by atoms with Crippen molar-refractivity contribution in [2.45, 2.75) is 26.9 Å². The summed E-state index contributed by atoms with van der Waals surface area (Å²) in [5.41, 5.74) is 1.79. The van der Waals surface area contributed by atoms with Crippen LogP contribution in [0.15, 0.2) is 30.9 Å². The number of benzene rings is 1. The van der Waals surface area contributed by atoms with Gasteiger partial charge in [0.15, 0.2) is 0 Å². The number of amides is 1. The van der Waals surface area contributed by atoms with E-state index in [1.807, 2.05) is 39.0 Å². The number of carbonyl (C=O) groups excluding carboxylic acids is 1. The number of anilines is 1. The monoisotopic (exact) mass is 262 g/mol. The summed E-state index contributed by atoms with van der Waals surface area (Å²) in [5, 5.41) is 5.82. The minimum atomic E-state index is -0.0672. The van der Waals surface area contributed by atoms with Crippen molar-refractivity contribution >= 4 is 11.6 Å². The van der Waals surface area contributed by atoms with Crippen molar-refractivity contribution in [3.05, 3.63) is 36.4 Å². The van der Waals surface area contributed by atoms with E-state index in [-0.39, 0.29) is 18.6 Å². The molecule has 1 aromatic rings. The van der Waals surface area contributed by atoms with Gasteiger partial charge < -0.3 is 15.4 Å². The van der Waals surface area contributed by atoms with E-state index in [4.69, 9.17) is 4.74 Å². The Balaban J connectivity index is 2.59. The van der Waals surface area contributed by atoms with Crippen LogP contribution in [-0.2, 0) is 4.79 Å². The molecule has 0 fully saturated rings. The van der Waals surface area contributed by atoms with Crippen LogP contribution in [0.2, 0.25) is 0 Å². The maximum absolute atomic E-state index is 11.7. The first-order valence-corrected chi connectivity index (χ1v) is 6.41. The minimum Gasteiger partial charge on any atom is -0.491 e. The minimum absolute atomic E-state index is 0.0672. The maximum atomic E-state index is 11.7. The molecule has 0 atom stereocenters. The van der Waals surface area contributed by atoms with Gasteiger partial charge in [0.25, 0.3) is 0 Å². The van der Waals surface area contributed by atoms with E-state index in [0.717, 1.165) is 17.0 Å². The predicted octanol–water partition coefficient (Wildman–Crippen LogP) is 2.50. The van der Waals surface area contributed by atoms with E-state index < -0.39 is 0 Å². The number of hydrogen-bond acceptors (Lipinski definition) is 3. The second kappa shape index (κ2) is 7.59. The average Bonchev–Trinajstić information content (AvgIpc) is 2.32. The fraction of sp³-hybridized carbons (Fsp3) is 0.400. The standard InChI is InChI=1S/C15H22N2O2/c1-5-8-16-10-15(18)17-14-7-6-13(9-12(14)4)19-11(2)3/h5-7,9,11,16H,1,8,10H2,2-4H3,(H,17,18). The van der Waals surface area contributed by atoms with Crippen molar-refractivity contribution in [3.63, 3.8) is 0 Å². The normalized spacial score (nSPS) is 10.3. The molecule has 2 N–H and O–H groups in total. The van der Waals surface area contributed by atoms with E-state index >= 15 is 0 Å². The van der Waals surface area contributed by atoms with Crippen molar-refractivity contribution in [1.29, 1.82) is 0 Å². The Bertz CT molecular complexity index is 442. The van der Waals surface area contributed by atoms with Crippen LogP contribution >= 0.6 is 0 Å². The molecular formula is C15H22N2O2. The van der Waals surface area contributed by atoms with E-state index in [2.05, 4.69) is 17.2 Å². The molecule has 0 bridgehead atoms. The molecule has 0 aliphatic rings. The second-order valence-corrected chi connectivity index (χ2v) is 4.61. The largest absolute Gasteiger partial charge is 0.491 e. The fourth-order valence-electron chi connectivity index (χ4n) is 1.60. The third kappa shape index (κ3) is 5.57. The molecule has 0 radical (unpaired) electrons. The molecule has 0 aromatic heterocycles. The molecule has 1 aromatic carbocycles. The Hall–Kier alpha value is -1.81. The number of carbonyl (C=O) groups is 1. The quantitative estimate of drug-likeness (QED) is 0.586. The molecule has 104 valence electrons. The molecule has 1 amide bonds. The zero-order valence-electron chi connectivity index (χ0n) is 11.8. The summed E-state index contributed by atoms with van der Waals surface area (Å²) in [7, 11) is 0. The van der Waals surface area contributed by atoms with Crippen molar-refractivity contribution in [1.82, 2.24) is 5.32 Å². The van der Waals surface area contributed by atoms with Gasteiger partial charge in [-0.1, -0.05) is 6.08 Å². The predicted molar refractivity (Wildman–Crippen MR) is 78.6 cm³/mol. The summed E-state index contributed by atoms with van der Waals surface area (Å²) in [6, 6.07) is 5.64. The first-order chi connectivity index (χ1) is 9.02. The lowest BCUT2D eigenvalue weighted by molar-refractivity contribution is -0.115. The summed E-state index contributed by atoms with van der Waals surface area (Å²) < 4.78 is 5.60. The van der Waals surface area contributed by atoms with Gasteiger partial charge in [-0.3, -0.25) is 4.79 Å². The molecule has 0 aliphatic heterocycles. The molecule has 4 heteroatoms. The highest BCUT2D eigenvalue weighted by molar-refractivity contribution is 5.93. The second-order valence-electron chi connectivity index (χ2n) is 4.61. The zero-order chi connectivity index (χ0) is 14.3. The van der Waals surface area contributed by atoms with Gasteiger partial charge in [-0.15, -0.1) is 6.58 Å². The first kappa shape index (κ1) is 15.2. The van der Waals surface area contributed by atoms with Crippen molar-refractivity contribution in [3.8, 4) is 5.75 Å². The number of aryl methyl sites for hydroxylation is 1. The van der Waals surface area contributed by atoms with Gasteiger partial charge >= 0.3 is 0 Å². The smallest absolute Gasteiger partial charge is 0.238 e. The highest BCUT2D eigenvalue weighted by Gasteiger charge is 2.06. The van der Waals surface area contributed by atoms with Crippen molar-refractivity contribution in [2.75, 3.05) is 18.4 Å². The molecule has 0 saturated carbocycles. The summed E-state index contributed by atoms with van der Waals surface area (Å²) in [6.07, 6.45) is 1.86. The van der Waals surface area contributed by atoms with Gasteiger partial charge in [0.05, 0.1) is 12.6 Å². The number of rotatable bonds is 7. The van der Waals surface area contributed by atoms with E-state index in [0.29, 0.717) is 6.54 Å². The summed E-state index contributed by atoms with van der Waals surface area (Å²) >= 11 is 0. The lowest BCUT2D eigenvalue weighted by atomic mass is 10.2. The summed E-state index contributed by atoms with van der Waals surface area (Å²) in [4.78, 5) is 11.7. The van der Waals surface area contributed by atoms with Gasteiger partial charge in [-0.05, 0) is 44.5 Å². The van der Waals surface area contributed by atoms with E-state index in [1.54, 1.807) is 6.08 Å². The Kier molecular flexibility index (Phi) is 6.09. The van der Waals surface area contributed by atoms with Crippen LogP contribution in [0.25, 0.3) is 0 Å². The van der Waals surface area contributed by atoms with E-state index in [9.17, 15) is 4.79 Å². The van der Waals surface area contributed by atoms with Crippen LogP contribution in [0, 0.1) is 6.92 Å². The Morgan fingerprint density at radius 2 is 2.21 bits per heavy atom. The van der Waals surface area contributed by atoms with Crippen molar-refractivity contribution < 1.29 is 9.53 Å². The van der Waals surface area contributed by atoms with Crippen LogP contribution in [0.3, 0.4) is 0 Å². The van der Waals surface area contributed by atoms with Crippen LogP contribution in [-0.4, -0.2) is 25.1 Å². The Labute approximate surface area is 114 Å². The molecule has 19 heavy (non-hydrogen) atoms. The lowest BCUT2D eigenvalue weighted by Gasteiger charge is -2.13. The molecule has 0 spiro atoms. The molecule has 0 unspecified atom stereocenters. The highest BCUT2D eigenvalue weighted by Crippen LogP contribution is 2.22. The topological polar surface area (TPSA) is 50.4 Å². The van der Waals surface area contributed by atoms with Gasteiger partial charge in [0.2, 0.25) is 5.91 Å². The van der Waals surface area contributed by atoms with Crippen LogP contribution in [0.4, 0.5) is 5.69 Å². The van der Waals surface area contributed by atoms with E-state index in [1.165, 1.54) is 0 Å². The molecular weight excluding hydrogens is 240 g/mol. The average molecular weight is 262 g/mol. The Morgan fingerprint density at radius 1 is 1.47 bits per heavy atom. The Morgan fingerprint density at radius 3 is 2.79 bits per heavy atom. The first-order valence-electron chi connectivity index (χ1n) is 6.41. The SMILES string of the molecule is C=CCNCC(=O)Nc1ccc(OC(C)C)cc1C. The van der Waals surface area contributed by atoms with Crippen LogP contribution < -0.4 is 15.4 Å². The van der Waals surface area contributed by atoms with Crippen molar-refractivity contribution in [2.24, 2.45) is 0 Å². The van der Waals surface area contributed by atoms with Gasteiger partial charge in [0, 0.05) is 12.2 Å². The van der Waals surface area contributed by atoms with Gasteiger partial charge in [-0.25, -0.2) is 0 Å². The highest BCUT2D eigenvalue weighted by atomic mass is 16.5. The zero-order valence-corrected chi connectivity index (χ0v) is 11.8. The molecule has 0 saturated heterocycles. The fourth-order valence-corrected chi connectivity index (χ4v) is 1.60.